The minimum atomic E-state index is -0.842. The SMILES string of the molecule is Cc1ccncc1C(C)(O)C(C)(C)C. The van der Waals surface area contributed by atoms with Crippen LogP contribution in [0, 0.1) is 12.3 Å². The third-order valence-corrected chi connectivity index (χ3v) is 3.02. The molecule has 0 amide bonds. The van der Waals surface area contributed by atoms with Crippen LogP contribution >= 0.6 is 0 Å². The molecule has 0 aromatic carbocycles. The Kier molecular flexibility index (Phi) is 2.68. The maximum Gasteiger partial charge on any atom is 0.0933 e. The number of nitrogens with zero attached hydrogens (tertiary/aromatic N) is 1. The lowest BCUT2D eigenvalue weighted by Crippen LogP contribution is -2.37. The largest absolute Gasteiger partial charge is 0.385 e. The number of rotatable bonds is 1. The molecule has 0 aliphatic carbocycles. The standard InChI is InChI=1S/C12H19NO/c1-9-6-7-13-8-10(9)12(5,14)11(2,3)4/h6-8,14H,1-5H3. The summed E-state index contributed by atoms with van der Waals surface area (Å²) in [6.45, 7) is 9.92. The lowest BCUT2D eigenvalue weighted by molar-refractivity contribution is -0.0477. The normalized spacial score (nSPS) is 16.4. The summed E-state index contributed by atoms with van der Waals surface area (Å²) in [4.78, 5) is 4.07. The fraction of sp³-hybridized carbons (Fsp3) is 0.583. The van der Waals surface area contributed by atoms with Crippen molar-refractivity contribution in [1.82, 2.24) is 4.98 Å². The zero-order valence-electron chi connectivity index (χ0n) is 9.63. The van der Waals surface area contributed by atoms with E-state index in [1.165, 1.54) is 0 Å². The molecule has 0 fully saturated rings. The zero-order chi connectivity index (χ0) is 11.0. The van der Waals surface area contributed by atoms with E-state index in [0.29, 0.717) is 0 Å². The van der Waals surface area contributed by atoms with Crippen LogP contribution in [-0.2, 0) is 5.60 Å². The van der Waals surface area contributed by atoms with Gasteiger partial charge in [-0.05, 0) is 30.9 Å². The predicted octanol–water partition coefficient (Wildman–Crippen LogP) is 2.64. The molecule has 1 aromatic rings. The van der Waals surface area contributed by atoms with Gasteiger partial charge >= 0.3 is 0 Å². The molecule has 78 valence electrons. The van der Waals surface area contributed by atoms with Gasteiger partial charge < -0.3 is 5.11 Å². The van der Waals surface area contributed by atoms with Crippen molar-refractivity contribution in [1.29, 1.82) is 0 Å². The smallest absolute Gasteiger partial charge is 0.0933 e. The van der Waals surface area contributed by atoms with E-state index in [-0.39, 0.29) is 5.41 Å². The van der Waals surface area contributed by atoms with Gasteiger partial charge in [-0.15, -0.1) is 0 Å². The van der Waals surface area contributed by atoms with E-state index in [1.807, 2.05) is 40.7 Å². The first-order valence-corrected chi connectivity index (χ1v) is 4.90. The van der Waals surface area contributed by atoms with Gasteiger partial charge in [-0.1, -0.05) is 20.8 Å². The number of pyridine rings is 1. The van der Waals surface area contributed by atoms with E-state index in [9.17, 15) is 5.11 Å². The van der Waals surface area contributed by atoms with Crippen molar-refractivity contribution in [3.8, 4) is 0 Å². The summed E-state index contributed by atoms with van der Waals surface area (Å²) < 4.78 is 0. The molecule has 1 heterocycles. The quantitative estimate of drug-likeness (QED) is 0.743. The Morgan fingerprint density at radius 2 is 1.79 bits per heavy atom. The van der Waals surface area contributed by atoms with E-state index in [1.54, 1.807) is 12.4 Å². The Balaban J connectivity index is 3.23. The predicted molar refractivity (Wildman–Crippen MR) is 58.0 cm³/mol. The monoisotopic (exact) mass is 193 g/mol. The lowest BCUT2D eigenvalue weighted by Gasteiger charge is -2.38. The van der Waals surface area contributed by atoms with Gasteiger partial charge in [0.15, 0.2) is 0 Å². The van der Waals surface area contributed by atoms with Crippen LogP contribution in [0.15, 0.2) is 18.5 Å². The lowest BCUT2D eigenvalue weighted by atomic mass is 9.73. The second-order valence-corrected chi connectivity index (χ2v) is 5.01. The first-order chi connectivity index (χ1) is 6.27. The number of hydrogen-bond acceptors (Lipinski definition) is 2. The highest BCUT2D eigenvalue weighted by Gasteiger charge is 2.37. The van der Waals surface area contributed by atoms with Crippen LogP contribution in [-0.4, -0.2) is 10.1 Å². The summed E-state index contributed by atoms with van der Waals surface area (Å²) in [6, 6.07) is 1.93. The molecule has 1 atom stereocenters. The minimum absolute atomic E-state index is 0.194. The van der Waals surface area contributed by atoms with E-state index in [4.69, 9.17) is 0 Å². The molecule has 0 aliphatic heterocycles. The Morgan fingerprint density at radius 1 is 1.21 bits per heavy atom. The molecular weight excluding hydrogens is 174 g/mol. The Hall–Kier alpha value is -0.890. The van der Waals surface area contributed by atoms with E-state index in [0.717, 1.165) is 11.1 Å². The Labute approximate surface area is 86.0 Å². The first kappa shape index (κ1) is 11.2. The highest BCUT2D eigenvalue weighted by atomic mass is 16.3. The molecule has 1 aromatic heterocycles. The number of aliphatic hydroxyl groups is 1. The van der Waals surface area contributed by atoms with Crippen LogP contribution in [0.4, 0.5) is 0 Å². The minimum Gasteiger partial charge on any atom is -0.385 e. The molecule has 0 bridgehead atoms. The number of hydrogen-bond donors (Lipinski definition) is 1. The van der Waals surface area contributed by atoms with E-state index >= 15 is 0 Å². The molecule has 1 rings (SSSR count). The third-order valence-electron chi connectivity index (χ3n) is 3.02. The number of aryl methyl sites for hydroxylation is 1. The van der Waals surface area contributed by atoms with Gasteiger partial charge in [0.05, 0.1) is 5.60 Å². The molecule has 0 radical (unpaired) electrons. The molecule has 14 heavy (non-hydrogen) atoms. The van der Waals surface area contributed by atoms with Gasteiger partial charge in [0.25, 0.3) is 0 Å². The van der Waals surface area contributed by atoms with Gasteiger partial charge in [0, 0.05) is 18.0 Å². The molecule has 1 N–H and O–H groups in total. The fourth-order valence-corrected chi connectivity index (χ4v) is 1.38. The average molecular weight is 193 g/mol. The second-order valence-electron chi connectivity index (χ2n) is 5.01. The van der Waals surface area contributed by atoms with Gasteiger partial charge in [0.1, 0.15) is 0 Å². The van der Waals surface area contributed by atoms with E-state index in [2.05, 4.69) is 4.98 Å². The summed E-state index contributed by atoms with van der Waals surface area (Å²) in [5.74, 6) is 0. The molecule has 0 saturated heterocycles. The highest BCUT2D eigenvalue weighted by Crippen LogP contribution is 2.39. The van der Waals surface area contributed by atoms with Gasteiger partial charge in [0.2, 0.25) is 0 Å². The van der Waals surface area contributed by atoms with Gasteiger partial charge in [-0.2, -0.15) is 0 Å². The number of aromatic nitrogens is 1. The van der Waals surface area contributed by atoms with Crippen LogP contribution in [0.2, 0.25) is 0 Å². The summed E-state index contributed by atoms with van der Waals surface area (Å²) in [5, 5.41) is 10.5. The Morgan fingerprint density at radius 3 is 2.21 bits per heavy atom. The molecule has 0 saturated carbocycles. The van der Waals surface area contributed by atoms with Crippen molar-refractivity contribution in [2.75, 3.05) is 0 Å². The first-order valence-electron chi connectivity index (χ1n) is 4.90. The molecular formula is C12H19NO. The van der Waals surface area contributed by atoms with Crippen LogP contribution in [0.3, 0.4) is 0 Å². The molecule has 0 aliphatic rings. The third kappa shape index (κ3) is 1.80. The van der Waals surface area contributed by atoms with Crippen molar-refractivity contribution in [3.05, 3.63) is 29.6 Å². The van der Waals surface area contributed by atoms with Crippen LogP contribution in [0.25, 0.3) is 0 Å². The van der Waals surface area contributed by atoms with Crippen LogP contribution in [0.5, 0.6) is 0 Å². The van der Waals surface area contributed by atoms with Crippen molar-refractivity contribution in [2.45, 2.75) is 40.2 Å². The van der Waals surface area contributed by atoms with Crippen LogP contribution in [0.1, 0.15) is 38.8 Å². The van der Waals surface area contributed by atoms with Crippen LogP contribution < -0.4 is 0 Å². The van der Waals surface area contributed by atoms with Crippen molar-refractivity contribution in [3.63, 3.8) is 0 Å². The average Bonchev–Trinajstić information content (AvgIpc) is 2.02. The van der Waals surface area contributed by atoms with Crippen molar-refractivity contribution in [2.24, 2.45) is 5.41 Å². The topological polar surface area (TPSA) is 33.1 Å². The van der Waals surface area contributed by atoms with Gasteiger partial charge in [-0.25, -0.2) is 0 Å². The highest BCUT2D eigenvalue weighted by molar-refractivity contribution is 5.28. The maximum atomic E-state index is 10.5. The fourth-order valence-electron chi connectivity index (χ4n) is 1.38. The summed E-state index contributed by atoms with van der Waals surface area (Å²) in [7, 11) is 0. The molecule has 0 spiro atoms. The maximum absolute atomic E-state index is 10.5. The summed E-state index contributed by atoms with van der Waals surface area (Å²) >= 11 is 0. The zero-order valence-corrected chi connectivity index (χ0v) is 9.63. The van der Waals surface area contributed by atoms with Crippen molar-refractivity contribution >= 4 is 0 Å². The summed E-state index contributed by atoms with van der Waals surface area (Å²) in [5.41, 5.74) is 0.957. The molecule has 2 nitrogen and oxygen atoms in total. The Bertz CT molecular complexity index is 323. The second kappa shape index (κ2) is 3.35. The summed E-state index contributed by atoms with van der Waals surface area (Å²) in [6.07, 6.45) is 3.50. The molecule has 1 unspecified atom stereocenters. The van der Waals surface area contributed by atoms with E-state index < -0.39 is 5.60 Å². The molecule has 2 heteroatoms. The van der Waals surface area contributed by atoms with Crippen molar-refractivity contribution < 1.29 is 5.11 Å². The van der Waals surface area contributed by atoms with Gasteiger partial charge in [-0.3, -0.25) is 4.98 Å².